The van der Waals surface area contributed by atoms with Crippen molar-refractivity contribution >= 4 is 45.8 Å². The highest BCUT2D eigenvalue weighted by molar-refractivity contribution is 9.10. The number of carbonyl (C=O) groups is 2. The van der Waals surface area contributed by atoms with Crippen LogP contribution in [-0.4, -0.2) is 45.5 Å². The smallest absolute Gasteiger partial charge is 0.335 e. The molecule has 2 N–H and O–H groups in total. The number of hydrogen-bond donors (Lipinski definition) is 2. The monoisotopic (exact) mass is 572 g/mol. The van der Waals surface area contributed by atoms with Gasteiger partial charge >= 0.3 is 5.97 Å². The molecule has 0 saturated carbocycles. The van der Waals surface area contributed by atoms with E-state index in [1.165, 1.54) is 30.1 Å². The van der Waals surface area contributed by atoms with Gasteiger partial charge in [0.25, 0.3) is 5.91 Å². The number of hydrogen-bond acceptors (Lipinski definition) is 8. The number of benzene rings is 2. The lowest BCUT2D eigenvalue weighted by Gasteiger charge is -2.15. The number of aromatic carboxylic acids is 1. The maximum atomic E-state index is 12.2. The molecule has 0 unspecified atom stereocenters. The van der Waals surface area contributed by atoms with Crippen molar-refractivity contribution in [1.29, 1.82) is 0 Å². The zero-order valence-electron chi connectivity index (χ0n) is 19.9. The maximum absolute atomic E-state index is 12.2. The molecule has 11 heteroatoms. The minimum absolute atomic E-state index is 0.133. The number of aryl methyl sites for hydroxylation is 2. The van der Waals surface area contributed by atoms with Gasteiger partial charge in [-0.25, -0.2) is 20.2 Å². The van der Waals surface area contributed by atoms with Crippen molar-refractivity contribution in [3.8, 4) is 11.5 Å². The van der Waals surface area contributed by atoms with Crippen LogP contribution in [0.15, 0.2) is 57.2 Å². The molecule has 0 fully saturated rings. The number of rotatable bonds is 11. The second-order valence-corrected chi connectivity index (χ2v) is 9.37. The number of carbonyl (C=O) groups excluding carboxylic acids is 1. The Bertz CT molecular complexity index is 1250. The lowest BCUT2D eigenvalue weighted by atomic mass is 10.1. The standard InChI is InChI=1S/C25H25BrN4O5S/c1-4-34-21-11-18(12-27-30-22(31)14-36-25-28-15(2)9-16(3)29-25)10-20(26)23(21)35-13-17-5-7-19(8-6-17)24(32)33/h5-12H,4,13-14H2,1-3H3,(H,30,31)(H,32,33)/b27-12-. The third-order valence-corrected chi connectivity index (χ3v) is 6.05. The molecule has 36 heavy (non-hydrogen) atoms. The van der Waals surface area contributed by atoms with Crippen LogP contribution in [0, 0.1) is 13.8 Å². The first-order valence-corrected chi connectivity index (χ1v) is 12.7. The number of amides is 1. The highest BCUT2D eigenvalue weighted by atomic mass is 79.9. The number of nitrogens with one attached hydrogen (secondary N) is 1. The van der Waals surface area contributed by atoms with E-state index in [1.807, 2.05) is 26.8 Å². The van der Waals surface area contributed by atoms with E-state index in [-0.39, 0.29) is 23.8 Å². The van der Waals surface area contributed by atoms with Gasteiger partial charge in [-0.05, 0) is 78.2 Å². The molecule has 2 aromatic carbocycles. The molecule has 0 aliphatic heterocycles. The normalized spacial score (nSPS) is 10.9. The van der Waals surface area contributed by atoms with Crippen LogP contribution in [0.1, 0.15) is 39.8 Å². The van der Waals surface area contributed by atoms with Gasteiger partial charge in [-0.1, -0.05) is 23.9 Å². The van der Waals surface area contributed by atoms with Gasteiger partial charge < -0.3 is 14.6 Å². The van der Waals surface area contributed by atoms with E-state index in [0.717, 1.165) is 17.0 Å². The summed E-state index contributed by atoms with van der Waals surface area (Å²) in [6.45, 7) is 6.27. The summed E-state index contributed by atoms with van der Waals surface area (Å²) in [4.78, 5) is 31.8. The number of thioether (sulfide) groups is 1. The van der Waals surface area contributed by atoms with Gasteiger partial charge in [-0.2, -0.15) is 5.10 Å². The first kappa shape index (κ1) is 27.2. The molecular weight excluding hydrogens is 548 g/mol. The lowest BCUT2D eigenvalue weighted by Crippen LogP contribution is -2.19. The van der Waals surface area contributed by atoms with Gasteiger partial charge in [-0.15, -0.1) is 0 Å². The van der Waals surface area contributed by atoms with Gasteiger partial charge in [-0.3, -0.25) is 4.79 Å². The number of carboxylic acid groups (broad SMARTS) is 1. The van der Waals surface area contributed by atoms with E-state index < -0.39 is 5.97 Å². The summed E-state index contributed by atoms with van der Waals surface area (Å²) in [5.74, 6) is -0.119. The quantitative estimate of drug-likeness (QED) is 0.146. The molecule has 188 valence electrons. The van der Waals surface area contributed by atoms with Crippen molar-refractivity contribution in [3.05, 3.63) is 75.0 Å². The van der Waals surface area contributed by atoms with Gasteiger partial charge in [0.2, 0.25) is 0 Å². The van der Waals surface area contributed by atoms with Gasteiger partial charge in [0, 0.05) is 11.4 Å². The molecule has 3 aromatic rings. The van der Waals surface area contributed by atoms with Crippen LogP contribution >= 0.6 is 27.7 Å². The molecule has 0 saturated heterocycles. The Morgan fingerprint density at radius 3 is 2.44 bits per heavy atom. The lowest BCUT2D eigenvalue weighted by molar-refractivity contribution is -0.118. The Labute approximate surface area is 221 Å². The second kappa shape index (κ2) is 13.0. The third-order valence-electron chi connectivity index (χ3n) is 4.61. The van der Waals surface area contributed by atoms with E-state index in [1.54, 1.807) is 24.3 Å². The molecular formula is C25H25BrN4O5S. The summed E-state index contributed by atoms with van der Waals surface area (Å²) in [6.07, 6.45) is 1.51. The number of nitrogens with zero attached hydrogens (tertiary/aromatic N) is 3. The van der Waals surface area contributed by atoms with Crippen LogP contribution in [0.4, 0.5) is 0 Å². The van der Waals surface area contributed by atoms with E-state index in [4.69, 9.17) is 14.6 Å². The fourth-order valence-electron chi connectivity index (χ4n) is 3.06. The number of ether oxygens (including phenoxy) is 2. The second-order valence-electron chi connectivity index (χ2n) is 7.57. The Balaban J connectivity index is 1.61. The molecule has 9 nitrogen and oxygen atoms in total. The number of hydrazone groups is 1. The molecule has 1 aromatic heterocycles. The maximum Gasteiger partial charge on any atom is 0.335 e. The topological polar surface area (TPSA) is 123 Å². The fraction of sp³-hybridized carbons (Fsp3) is 0.240. The molecule has 0 bridgehead atoms. The average molecular weight is 573 g/mol. The van der Waals surface area contributed by atoms with Crippen molar-refractivity contribution in [2.24, 2.45) is 5.10 Å². The summed E-state index contributed by atoms with van der Waals surface area (Å²) in [7, 11) is 0. The predicted molar refractivity (Wildman–Crippen MR) is 141 cm³/mol. The van der Waals surface area contributed by atoms with Crippen LogP contribution in [0.2, 0.25) is 0 Å². The first-order valence-electron chi connectivity index (χ1n) is 10.9. The zero-order valence-corrected chi connectivity index (χ0v) is 22.4. The Hall–Kier alpha value is -3.44. The molecule has 0 spiro atoms. The summed E-state index contributed by atoms with van der Waals surface area (Å²) in [6, 6.07) is 11.9. The third kappa shape index (κ3) is 8.06. The SMILES string of the molecule is CCOc1cc(/C=N\NC(=O)CSc2nc(C)cc(C)n2)cc(Br)c1OCc1ccc(C(=O)O)cc1. The molecule has 1 heterocycles. The van der Waals surface area contributed by atoms with Crippen molar-refractivity contribution < 1.29 is 24.2 Å². The van der Waals surface area contributed by atoms with E-state index >= 15 is 0 Å². The molecule has 0 radical (unpaired) electrons. The highest BCUT2D eigenvalue weighted by Gasteiger charge is 2.13. The van der Waals surface area contributed by atoms with Crippen molar-refractivity contribution in [1.82, 2.24) is 15.4 Å². The number of halogens is 1. The largest absolute Gasteiger partial charge is 0.490 e. The Morgan fingerprint density at radius 1 is 1.11 bits per heavy atom. The van der Waals surface area contributed by atoms with Crippen LogP contribution < -0.4 is 14.9 Å². The van der Waals surface area contributed by atoms with E-state index in [0.29, 0.717) is 33.3 Å². The van der Waals surface area contributed by atoms with Crippen LogP contribution in [0.25, 0.3) is 0 Å². The minimum atomic E-state index is -0.980. The molecule has 0 aliphatic carbocycles. The van der Waals surface area contributed by atoms with Crippen molar-refractivity contribution in [2.45, 2.75) is 32.5 Å². The number of carboxylic acids is 1. The van der Waals surface area contributed by atoms with Gasteiger partial charge in [0.1, 0.15) is 6.61 Å². The summed E-state index contributed by atoms with van der Waals surface area (Å²) < 4.78 is 12.3. The van der Waals surface area contributed by atoms with Gasteiger partial charge in [0.05, 0.1) is 28.6 Å². The van der Waals surface area contributed by atoms with Crippen LogP contribution in [0.3, 0.4) is 0 Å². The Morgan fingerprint density at radius 2 is 1.81 bits per heavy atom. The molecule has 3 rings (SSSR count). The fourth-order valence-corrected chi connectivity index (χ4v) is 4.38. The molecule has 0 aliphatic rings. The average Bonchev–Trinajstić information content (AvgIpc) is 2.82. The Kier molecular flexibility index (Phi) is 9.83. The van der Waals surface area contributed by atoms with Crippen molar-refractivity contribution in [2.75, 3.05) is 12.4 Å². The zero-order chi connectivity index (χ0) is 26.1. The molecule has 1 amide bonds. The predicted octanol–water partition coefficient (Wildman–Crippen LogP) is 4.77. The van der Waals surface area contributed by atoms with Crippen LogP contribution in [-0.2, 0) is 11.4 Å². The summed E-state index contributed by atoms with van der Waals surface area (Å²) in [5.41, 5.74) is 5.91. The molecule has 0 atom stereocenters. The highest BCUT2D eigenvalue weighted by Crippen LogP contribution is 2.37. The first-order chi connectivity index (χ1) is 17.2. The summed E-state index contributed by atoms with van der Waals surface area (Å²) >= 11 is 4.75. The summed E-state index contributed by atoms with van der Waals surface area (Å²) in [5, 5.41) is 13.6. The van der Waals surface area contributed by atoms with Crippen molar-refractivity contribution in [3.63, 3.8) is 0 Å². The van der Waals surface area contributed by atoms with E-state index in [9.17, 15) is 9.59 Å². The van der Waals surface area contributed by atoms with Crippen LogP contribution in [0.5, 0.6) is 11.5 Å². The minimum Gasteiger partial charge on any atom is -0.490 e. The van der Waals surface area contributed by atoms with E-state index in [2.05, 4.69) is 36.4 Å². The number of aromatic nitrogens is 2. The van der Waals surface area contributed by atoms with Gasteiger partial charge in [0.15, 0.2) is 16.7 Å².